The molecule has 1 unspecified atom stereocenters. The number of furan rings is 1. The van der Waals surface area contributed by atoms with E-state index in [0.717, 1.165) is 18.5 Å². The van der Waals surface area contributed by atoms with E-state index in [-0.39, 0.29) is 53.5 Å². The molecule has 9 heteroatoms. The standard InChI is InChI=1S/C22H29N5O3.HI/c1-15(2)21(29)27-10-9-18(14-27)26-22(23-3)24-13-16-6-4-7-17(12-16)25-20(28)19-8-5-11-30-19;/h4-8,11-12,15,18H,9-10,13-14H2,1-3H3,(H,25,28)(H2,23,24,26);1H. The van der Waals surface area contributed by atoms with E-state index in [1.165, 1.54) is 6.26 Å². The highest BCUT2D eigenvalue weighted by atomic mass is 127. The van der Waals surface area contributed by atoms with Crippen LogP contribution in [0.1, 0.15) is 36.4 Å². The molecule has 1 aromatic carbocycles. The maximum Gasteiger partial charge on any atom is 0.291 e. The van der Waals surface area contributed by atoms with Crippen molar-refractivity contribution in [3.8, 4) is 0 Å². The van der Waals surface area contributed by atoms with E-state index in [1.54, 1.807) is 19.2 Å². The van der Waals surface area contributed by atoms with Gasteiger partial charge in [-0.3, -0.25) is 14.6 Å². The van der Waals surface area contributed by atoms with Crippen LogP contribution in [0.25, 0.3) is 0 Å². The van der Waals surface area contributed by atoms with Crippen LogP contribution in [0.15, 0.2) is 52.1 Å². The number of nitrogens with one attached hydrogen (secondary N) is 3. The van der Waals surface area contributed by atoms with Crippen molar-refractivity contribution in [1.82, 2.24) is 15.5 Å². The fourth-order valence-electron chi connectivity index (χ4n) is 3.38. The third kappa shape index (κ3) is 6.98. The molecule has 3 N–H and O–H groups in total. The zero-order valence-corrected chi connectivity index (χ0v) is 20.4. The van der Waals surface area contributed by atoms with Gasteiger partial charge in [-0.25, -0.2) is 0 Å². The van der Waals surface area contributed by atoms with E-state index in [0.29, 0.717) is 24.7 Å². The molecule has 3 rings (SSSR count). The van der Waals surface area contributed by atoms with Crippen molar-refractivity contribution in [2.24, 2.45) is 10.9 Å². The Morgan fingerprint density at radius 3 is 2.74 bits per heavy atom. The van der Waals surface area contributed by atoms with Crippen LogP contribution in [0.2, 0.25) is 0 Å². The molecule has 8 nitrogen and oxygen atoms in total. The lowest BCUT2D eigenvalue weighted by Crippen LogP contribution is -2.45. The average molecular weight is 539 g/mol. The molecule has 168 valence electrons. The number of amides is 2. The molecule has 0 bridgehead atoms. The normalized spacial score (nSPS) is 16.1. The Labute approximate surface area is 199 Å². The van der Waals surface area contributed by atoms with Crippen molar-refractivity contribution in [2.45, 2.75) is 32.9 Å². The first-order chi connectivity index (χ1) is 14.5. The van der Waals surface area contributed by atoms with Gasteiger partial charge in [0.05, 0.1) is 6.26 Å². The summed E-state index contributed by atoms with van der Waals surface area (Å²) < 4.78 is 5.12. The highest BCUT2D eigenvalue weighted by Gasteiger charge is 2.27. The van der Waals surface area contributed by atoms with Gasteiger partial charge < -0.3 is 25.3 Å². The van der Waals surface area contributed by atoms with Crippen molar-refractivity contribution in [1.29, 1.82) is 0 Å². The second-order valence-electron chi connectivity index (χ2n) is 7.63. The van der Waals surface area contributed by atoms with Crippen LogP contribution in [-0.2, 0) is 11.3 Å². The van der Waals surface area contributed by atoms with Crippen molar-refractivity contribution in [3.05, 3.63) is 54.0 Å². The number of hydrogen-bond acceptors (Lipinski definition) is 4. The lowest BCUT2D eigenvalue weighted by Gasteiger charge is -2.20. The van der Waals surface area contributed by atoms with Gasteiger partial charge in [-0.15, -0.1) is 24.0 Å². The Morgan fingerprint density at radius 2 is 2.06 bits per heavy atom. The molecule has 1 atom stereocenters. The van der Waals surface area contributed by atoms with Crippen LogP contribution in [0.3, 0.4) is 0 Å². The minimum Gasteiger partial charge on any atom is -0.459 e. The third-order valence-electron chi connectivity index (χ3n) is 4.95. The topological polar surface area (TPSA) is 99.0 Å². The van der Waals surface area contributed by atoms with Gasteiger partial charge in [-0.05, 0) is 36.2 Å². The van der Waals surface area contributed by atoms with E-state index >= 15 is 0 Å². The van der Waals surface area contributed by atoms with Crippen LogP contribution >= 0.6 is 24.0 Å². The quantitative estimate of drug-likeness (QED) is 0.298. The molecule has 1 fully saturated rings. The van der Waals surface area contributed by atoms with E-state index in [2.05, 4.69) is 20.9 Å². The Hall–Kier alpha value is -2.56. The molecule has 31 heavy (non-hydrogen) atoms. The smallest absolute Gasteiger partial charge is 0.291 e. The van der Waals surface area contributed by atoms with Gasteiger partial charge in [0.1, 0.15) is 0 Å². The van der Waals surface area contributed by atoms with Gasteiger partial charge in [-0.1, -0.05) is 26.0 Å². The van der Waals surface area contributed by atoms with Gasteiger partial charge in [0.25, 0.3) is 5.91 Å². The molecule has 1 aliphatic rings. The van der Waals surface area contributed by atoms with Gasteiger partial charge in [0, 0.05) is 44.3 Å². The number of hydrogen-bond donors (Lipinski definition) is 3. The number of anilines is 1. The van der Waals surface area contributed by atoms with Crippen LogP contribution in [-0.4, -0.2) is 48.9 Å². The average Bonchev–Trinajstić information content (AvgIpc) is 3.43. The molecule has 0 spiro atoms. The number of carbonyl (C=O) groups is 2. The highest BCUT2D eigenvalue weighted by molar-refractivity contribution is 14.0. The summed E-state index contributed by atoms with van der Waals surface area (Å²) in [5, 5.41) is 9.51. The number of halogens is 1. The van der Waals surface area contributed by atoms with Crippen molar-refractivity contribution in [3.63, 3.8) is 0 Å². The Morgan fingerprint density at radius 1 is 1.26 bits per heavy atom. The number of rotatable bonds is 6. The fourth-order valence-corrected chi connectivity index (χ4v) is 3.38. The zero-order valence-electron chi connectivity index (χ0n) is 18.1. The Balaban J connectivity index is 0.00000341. The van der Waals surface area contributed by atoms with Gasteiger partial charge in [-0.2, -0.15) is 0 Å². The second-order valence-corrected chi connectivity index (χ2v) is 7.63. The summed E-state index contributed by atoms with van der Waals surface area (Å²) in [6, 6.07) is 11.1. The fraction of sp³-hybridized carbons (Fsp3) is 0.409. The molecular weight excluding hydrogens is 509 g/mol. The van der Waals surface area contributed by atoms with Gasteiger partial charge in [0.2, 0.25) is 5.91 Å². The van der Waals surface area contributed by atoms with Crippen molar-refractivity contribution < 1.29 is 14.0 Å². The molecule has 1 aliphatic heterocycles. The van der Waals surface area contributed by atoms with Crippen LogP contribution < -0.4 is 16.0 Å². The number of carbonyl (C=O) groups excluding carboxylic acids is 2. The van der Waals surface area contributed by atoms with E-state index in [1.807, 2.05) is 43.0 Å². The predicted octanol–water partition coefficient (Wildman–Crippen LogP) is 3.07. The first-order valence-corrected chi connectivity index (χ1v) is 10.2. The predicted molar refractivity (Wildman–Crippen MR) is 132 cm³/mol. The minimum atomic E-state index is -0.288. The maximum atomic E-state index is 12.2. The van der Waals surface area contributed by atoms with Crippen molar-refractivity contribution in [2.75, 3.05) is 25.5 Å². The number of aliphatic imine (C=N–C) groups is 1. The van der Waals surface area contributed by atoms with E-state index < -0.39 is 0 Å². The summed E-state index contributed by atoms with van der Waals surface area (Å²) in [5.74, 6) is 0.871. The molecule has 2 amide bonds. The summed E-state index contributed by atoms with van der Waals surface area (Å²) in [6.45, 7) is 5.85. The third-order valence-corrected chi connectivity index (χ3v) is 4.95. The lowest BCUT2D eigenvalue weighted by molar-refractivity contribution is -0.133. The first kappa shape index (κ1) is 24.7. The molecule has 0 saturated carbocycles. The zero-order chi connectivity index (χ0) is 21.5. The van der Waals surface area contributed by atoms with E-state index in [4.69, 9.17) is 4.42 Å². The molecule has 0 aliphatic carbocycles. The molecule has 2 heterocycles. The van der Waals surface area contributed by atoms with Crippen LogP contribution in [0.4, 0.5) is 5.69 Å². The molecule has 0 radical (unpaired) electrons. The second kappa shape index (κ2) is 11.7. The summed E-state index contributed by atoms with van der Waals surface area (Å²) in [6.07, 6.45) is 2.36. The minimum absolute atomic E-state index is 0. The molecular formula is C22H30IN5O3. The largest absolute Gasteiger partial charge is 0.459 e. The maximum absolute atomic E-state index is 12.2. The van der Waals surface area contributed by atoms with Gasteiger partial charge in [0.15, 0.2) is 11.7 Å². The SMILES string of the molecule is CN=C(NCc1cccc(NC(=O)c2ccco2)c1)NC1CCN(C(=O)C(C)C)C1.I. The van der Waals surface area contributed by atoms with E-state index in [9.17, 15) is 9.59 Å². The number of benzene rings is 1. The van der Waals surface area contributed by atoms with Crippen LogP contribution in [0, 0.1) is 5.92 Å². The monoisotopic (exact) mass is 539 g/mol. The molecule has 2 aromatic rings. The number of guanidine groups is 1. The summed E-state index contributed by atoms with van der Waals surface area (Å²) >= 11 is 0. The molecule has 1 aromatic heterocycles. The summed E-state index contributed by atoms with van der Waals surface area (Å²) in [7, 11) is 1.72. The molecule has 1 saturated heterocycles. The summed E-state index contributed by atoms with van der Waals surface area (Å²) in [4.78, 5) is 30.5. The van der Waals surface area contributed by atoms with Crippen molar-refractivity contribution >= 4 is 47.4 Å². The Kier molecular flexibility index (Phi) is 9.35. The lowest BCUT2D eigenvalue weighted by atomic mass is 10.2. The van der Waals surface area contributed by atoms with Crippen LogP contribution in [0.5, 0.6) is 0 Å². The number of likely N-dealkylation sites (tertiary alicyclic amines) is 1. The highest BCUT2D eigenvalue weighted by Crippen LogP contribution is 2.14. The Bertz CT molecular complexity index is 898. The number of nitrogens with zero attached hydrogens (tertiary/aromatic N) is 2. The van der Waals surface area contributed by atoms with Gasteiger partial charge >= 0.3 is 0 Å². The summed E-state index contributed by atoms with van der Waals surface area (Å²) in [5.41, 5.74) is 1.69. The first-order valence-electron chi connectivity index (χ1n) is 10.2.